The minimum absolute atomic E-state index is 0.333. The van der Waals surface area contributed by atoms with Crippen LogP contribution < -0.4 is 5.73 Å². The lowest BCUT2D eigenvalue weighted by Gasteiger charge is -1.81. The van der Waals surface area contributed by atoms with Gasteiger partial charge in [0, 0.05) is 0 Å². The third-order valence-corrected chi connectivity index (χ3v) is 0. The van der Waals surface area contributed by atoms with Gasteiger partial charge in [-0.25, -0.2) is 0 Å². The van der Waals surface area contributed by atoms with Crippen molar-refractivity contribution >= 4 is 0 Å². The Morgan fingerprint density at radius 3 is 1.33 bits per heavy atom. The van der Waals surface area contributed by atoms with E-state index in [1.165, 1.54) is 0 Å². The lowest BCUT2D eigenvalue weighted by atomic mass is 10.5. The second-order valence-corrected chi connectivity index (χ2v) is 1.24. The van der Waals surface area contributed by atoms with Crippen LogP contribution in [-0.2, 0) is 0 Å². The summed E-state index contributed by atoms with van der Waals surface area (Å²) in [5.74, 6) is 0. The molecule has 6 heavy (non-hydrogen) atoms. The van der Waals surface area contributed by atoms with Crippen molar-refractivity contribution in [2.75, 3.05) is 0 Å². The topological polar surface area (TPSA) is 26.0 Å². The fraction of sp³-hybridized carbons (Fsp3) is 0.800. The molecule has 0 heterocycles. The zero-order valence-electron chi connectivity index (χ0n) is 4.86. The molecule has 39 valence electrons. The molecule has 0 aliphatic carbocycles. The molecule has 0 aromatic carbocycles. The molecular formula is C5H14N. The van der Waals surface area contributed by atoms with Gasteiger partial charge in [-0.3, -0.25) is 0 Å². The molecule has 0 aromatic rings. The van der Waals surface area contributed by atoms with Gasteiger partial charge >= 0.3 is 0 Å². The highest BCUT2D eigenvalue weighted by atomic mass is 14.6. The summed E-state index contributed by atoms with van der Waals surface area (Å²) >= 11 is 0. The Balaban J connectivity index is 0. The van der Waals surface area contributed by atoms with Gasteiger partial charge in [0.05, 0.1) is 0 Å². The normalized spacial score (nSPS) is 7.00. The van der Waals surface area contributed by atoms with Crippen molar-refractivity contribution in [1.29, 1.82) is 0 Å². The van der Waals surface area contributed by atoms with E-state index in [0.29, 0.717) is 6.04 Å². The van der Waals surface area contributed by atoms with E-state index in [2.05, 4.69) is 6.92 Å². The quantitative estimate of drug-likeness (QED) is 0.473. The minimum atomic E-state index is 0.333. The van der Waals surface area contributed by atoms with Crippen molar-refractivity contribution in [3.05, 3.63) is 6.92 Å². The SMILES string of the molecule is CC(C)N.[CH2]C. The lowest BCUT2D eigenvalue weighted by molar-refractivity contribution is 0.834. The molecular weight excluding hydrogens is 74.1 g/mol. The van der Waals surface area contributed by atoms with Crippen LogP contribution in [0.3, 0.4) is 0 Å². The molecule has 0 aromatic heterocycles. The van der Waals surface area contributed by atoms with E-state index in [1.54, 1.807) is 6.92 Å². The van der Waals surface area contributed by atoms with Crippen LogP contribution in [0.15, 0.2) is 0 Å². The number of hydrogen-bond acceptors (Lipinski definition) is 1. The van der Waals surface area contributed by atoms with Crippen LogP contribution in [0.5, 0.6) is 0 Å². The Labute approximate surface area is 40.5 Å². The maximum absolute atomic E-state index is 5.11. The van der Waals surface area contributed by atoms with Crippen LogP contribution in [0.4, 0.5) is 0 Å². The number of rotatable bonds is 0. The van der Waals surface area contributed by atoms with Gasteiger partial charge in [-0.2, -0.15) is 0 Å². The molecule has 0 unspecified atom stereocenters. The Morgan fingerprint density at radius 1 is 1.33 bits per heavy atom. The third kappa shape index (κ3) is 21700. The minimum Gasteiger partial charge on any atom is -0.328 e. The smallest absolute Gasteiger partial charge is 0.00179 e. The molecule has 0 saturated heterocycles. The fourth-order valence-electron chi connectivity index (χ4n) is 0. The van der Waals surface area contributed by atoms with E-state index < -0.39 is 0 Å². The third-order valence-electron chi connectivity index (χ3n) is 0. The van der Waals surface area contributed by atoms with E-state index in [4.69, 9.17) is 5.73 Å². The van der Waals surface area contributed by atoms with Gasteiger partial charge in [0.2, 0.25) is 0 Å². The first-order chi connectivity index (χ1) is 2.73. The van der Waals surface area contributed by atoms with Crippen LogP contribution in [-0.4, -0.2) is 6.04 Å². The standard InChI is InChI=1S/C3H9N.C2H5/c1-3(2)4;1-2/h3H,4H2,1-2H3;1H2,2H3. The molecule has 0 saturated carbocycles. The highest BCUT2D eigenvalue weighted by molar-refractivity contribution is 4.32. The summed E-state index contributed by atoms with van der Waals surface area (Å²) in [7, 11) is 0. The van der Waals surface area contributed by atoms with Crippen LogP contribution in [0.1, 0.15) is 20.8 Å². The van der Waals surface area contributed by atoms with Gasteiger partial charge < -0.3 is 5.73 Å². The van der Waals surface area contributed by atoms with Gasteiger partial charge in [0.15, 0.2) is 0 Å². The molecule has 0 rings (SSSR count). The van der Waals surface area contributed by atoms with Crippen LogP contribution in [0.2, 0.25) is 0 Å². The van der Waals surface area contributed by atoms with Crippen LogP contribution >= 0.6 is 0 Å². The van der Waals surface area contributed by atoms with Crippen molar-refractivity contribution in [3.63, 3.8) is 0 Å². The Hall–Kier alpha value is -0.0400. The lowest BCUT2D eigenvalue weighted by Crippen LogP contribution is -2.06. The second kappa shape index (κ2) is 8.88. The number of hydrogen-bond donors (Lipinski definition) is 1. The van der Waals surface area contributed by atoms with Crippen molar-refractivity contribution < 1.29 is 0 Å². The molecule has 0 bridgehead atoms. The zero-order chi connectivity index (χ0) is 5.58. The maximum atomic E-state index is 5.11. The van der Waals surface area contributed by atoms with Crippen LogP contribution in [0.25, 0.3) is 0 Å². The van der Waals surface area contributed by atoms with Gasteiger partial charge in [0.1, 0.15) is 0 Å². The van der Waals surface area contributed by atoms with E-state index >= 15 is 0 Å². The van der Waals surface area contributed by atoms with Crippen molar-refractivity contribution in [2.24, 2.45) is 5.73 Å². The van der Waals surface area contributed by atoms with E-state index in [-0.39, 0.29) is 0 Å². The Morgan fingerprint density at radius 2 is 1.33 bits per heavy atom. The maximum Gasteiger partial charge on any atom is -0.00179 e. The second-order valence-electron chi connectivity index (χ2n) is 1.24. The first-order valence-electron chi connectivity index (χ1n) is 2.20. The van der Waals surface area contributed by atoms with Gasteiger partial charge in [-0.05, 0) is 6.04 Å². The van der Waals surface area contributed by atoms with Gasteiger partial charge in [-0.15, -0.1) is 0 Å². The zero-order valence-corrected chi connectivity index (χ0v) is 4.86. The summed E-state index contributed by atoms with van der Waals surface area (Å²) < 4.78 is 0. The summed E-state index contributed by atoms with van der Waals surface area (Å²) in [6.45, 7) is 8.89. The summed E-state index contributed by atoms with van der Waals surface area (Å²) in [4.78, 5) is 0. The monoisotopic (exact) mass is 88.1 g/mol. The molecule has 0 fully saturated rings. The van der Waals surface area contributed by atoms with Crippen molar-refractivity contribution in [3.8, 4) is 0 Å². The molecule has 2 N–H and O–H groups in total. The predicted octanol–water partition coefficient (Wildman–Crippen LogP) is 1.19. The molecule has 0 spiro atoms. The molecule has 1 heteroatoms. The predicted molar refractivity (Wildman–Crippen MR) is 30.4 cm³/mol. The summed E-state index contributed by atoms with van der Waals surface area (Å²) in [5, 5.41) is 0. The first kappa shape index (κ1) is 9.35. The van der Waals surface area contributed by atoms with E-state index in [9.17, 15) is 0 Å². The Kier molecular flexibility index (Phi) is 13.8. The fourth-order valence-corrected chi connectivity index (χ4v) is 0. The highest BCUT2D eigenvalue weighted by Crippen LogP contribution is 1.58. The molecule has 0 aliphatic rings. The summed E-state index contributed by atoms with van der Waals surface area (Å²) in [5.41, 5.74) is 5.11. The summed E-state index contributed by atoms with van der Waals surface area (Å²) in [6, 6.07) is 0.333. The summed E-state index contributed by atoms with van der Waals surface area (Å²) in [6.07, 6.45) is 0. The molecule has 1 radical (unpaired) electrons. The molecule has 0 aliphatic heterocycles. The van der Waals surface area contributed by atoms with Gasteiger partial charge in [-0.1, -0.05) is 27.7 Å². The first-order valence-corrected chi connectivity index (χ1v) is 2.20. The van der Waals surface area contributed by atoms with Crippen LogP contribution in [0, 0.1) is 6.92 Å². The van der Waals surface area contributed by atoms with Crippen molar-refractivity contribution in [1.82, 2.24) is 0 Å². The molecule has 0 amide bonds. The Bertz CT molecular complexity index is 8.66. The number of nitrogens with two attached hydrogens (primary N) is 1. The largest absolute Gasteiger partial charge is 0.328 e. The molecule has 1 nitrogen and oxygen atoms in total. The van der Waals surface area contributed by atoms with Crippen molar-refractivity contribution in [2.45, 2.75) is 26.8 Å². The molecule has 0 atom stereocenters. The van der Waals surface area contributed by atoms with E-state index in [1.807, 2.05) is 13.8 Å². The van der Waals surface area contributed by atoms with E-state index in [0.717, 1.165) is 0 Å². The average Bonchev–Trinajstić information content (AvgIpc) is 1.41. The van der Waals surface area contributed by atoms with Gasteiger partial charge in [0.25, 0.3) is 0 Å². The average molecular weight is 88.2 g/mol. The highest BCUT2D eigenvalue weighted by Gasteiger charge is 1.67.